The minimum atomic E-state index is -0.652. The molecule has 24 heavy (non-hydrogen) atoms. The molecule has 2 fully saturated rings. The van der Waals surface area contributed by atoms with E-state index >= 15 is 0 Å². The number of amides is 3. The fourth-order valence-corrected chi connectivity index (χ4v) is 3.83. The van der Waals surface area contributed by atoms with Crippen LogP contribution in [0.5, 0.6) is 0 Å². The lowest BCUT2D eigenvalue weighted by atomic mass is 9.86. The predicted molar refractivity (Wildman–Crippen MR) is 83.6 cm³/mol. The second-order valence-electron chi connectivity index (χ2n) is 6.61. The maximum atomic E-state index is 11.8. The first-order valence-electron chi connectivity index (χ1n) is 8.36. The van der Waals surface area contributed by atoms with Crippen LogP contribution in [0.3, 0.4) is 0 Å². The third-order valence-electron chi connectivity index (χ3n) is 4.93. The van der Waals surface area contributed by atoms with Crippen LogP contribution in [0.1, 0.15) is 37.9 Å². The lowest BCUT2D eigenvalue weighted by Crippen LogP contribution is -2.41. The smallest absolute Gasteiger partial charge is 0.321 e. The predicted octanol–water partition coefficient (Wildman–Crippen LogP) is 1.97. The number of fused-ring (bicyclic) bond motifs is 2. The first-order valence-corrected chi connectivity index (χ1v) is 8.36. The highest BCUT2D eigenvalue weighted by Gasteiger charge is 2.40. The van der Waals surface area contributed by atoms with E-state index in [-0.39, 0.29) is 12.5 Å². The lowest BCUT2D eigenvalue weighted by molar-refractivity contribution is -0.149. The Balaban J connectivity index is 1.30. The van der Waals surface area contributed by atoms with E-state index < -0.39 is 18.5 Å². The third kappa shape index (κ3) is 4.37. The van der Waals surface area contributed by atoms with E-state index in [1.54, 1.807) is 12.1 Å². The molecule has 2 aliphatic rings. The summed E-state index contributed by atoms with van der Waals surface area (Å²) in [5.74, 6) is 1.38. The Labute approximate surface area is 140 Å². The van der Waals surface area contributed by atoms with Crippen LogP contribution >= 0.6 is 0 Å². The van der Waals surface area contributed by atoms with Gasteiger partial charge in [0.25, 0.3) is 5.91 Å². The Hall–Kier alpha value is -2.31. The van der Waals surface area contributed by atoms with Crippen molar-refractivity contribution in [3.63, 3.8) is 0 Å². The lowest BCUT2D eigenvalue weighted by Gasteiger charge is -2.20. The molecule has 1 aromatic heterocycles. The summed E-state index contributed by atoms with van der Waals surface area (Å²) in [5.41, 5.74) is 0. The quantitative estimate of drug-likeness (QED) is 0.775. The molecule has 3 rings (SSSR count). The summed E-state index contributed by atoms with van der Waals surface area (Å²) in [6, 6.07) is 2.76. The fraction of sp³-hybridized carbons (Fsp3) is 0.588. The van der Waals surface area contributed by atoms with Gasteiger partial charge in [-0.3, -0.25) is 14.9 Å². The van der Waals surface area contributed by atoms with Crippen LogP contribution in [0, 0.1) is 17.8 Å². The number of carbonyl (C=O) groups is 3. The van der Waals surface area contributed by atoms with E-state index in [0.29, 0.717) is 24.0 Å². The SMILES string of the molecule is O=C(COC(=O)C[C@H]1C[C@H]2CC[C@H]1C2)NC(=O)NCc1ccco1. The second-order valence-corrected chi connectivity index (χ2v) is 6.61. The van der Waals surface area contributed by atoms with Crippen molar-refractivity contribution >= 4 is 17.9 Å². The zero-order valence-electron chi connectivity index (χ0n) is 13.5. The molecular weight excluding hydrogens is 312 g/mol. The molecule has 0 radical (unpaired) electrons. The van der Waals surface area contributed by atoms with Crippen molar-refractivity contribution in [3.05, 3.63) is 24.2 Å². The average Bonchev–Trinajstić information content (AvgIpc) is 3.28. The molecule has 1 aromatic rings. The van der Waals surface area contributed by atoms with Gasteiger partial charge in [-0.1, -0.05) is 6.42 Å². The van der Waals surface area contributed by atoms with Gasteiger partial charge in [-0.05, 0) is 49.1 Å². The van der Waals surface area contributed by atoms with Crippen molar-refractivity contribution < 1.29 is 23.5 Å². The van der Waals surface area contributed by atoms with Crippen molar-refractivity contribution in [3.8, 4) is 0 Å². The van der Waals surface area contributed by atoms with Crippen LogP contribution in [0.25, 0.3) is 0 Å². The molecule has 1 heterocycles. The molecule has 0 unspecified atom stereocenters. The number of urea groups is 1. The Morgan fingerprint density at radius 1 is 1.25 bits per heavy atom. The number of esters is 1. The average molecular weight is 334 g/mol. The number of furan rings is 1. The normalized spacial score (nSPS) is 24.6. The minimum Gasteiger partial charge on any atom is -0.467 e. The summed E-state index contributed by atoms with van der Waals surface area (Å²) in [5, 5.41) is 4.59. The van der Waals surface area contributed by atoms with Crippen molar-refractivity contribution in [1.29, 1.82) is 0 Å². The van der Waals surface area contributed by atoms with E-state index in [2.05, 4.69) is 10.6 Å². The highest BCUT2D eigenvalue weighted by molar-refractivity contribution is 5.95. The van der Waals surface area contributed by atoms with E-state index in [4.69, 9.17) is 9.15 Å². The first-order chi connectivity index (χ1) is 11.6. The molecule has 0 aromatic carbocycles. The number of carbonyl (C=O) groups excluding carboxylic acids is 3. The van der Waals surface area contributed by atoms with E-state index in [1.807, 2.05) is 0 Å². The third-order valence-corrected chi connectivity index (χ3v) is 4.93. The number of ether oxygens (including phenoxy) is 1. The fourth-order valence-electron chi connectivity index (χ4n) is 3.83. The molecule has 3 amide bonds. The summed E-state index contributed by atoms with van der Waals surface area (Å²) < 4.78 is 10.0. The molecule has 0 spiro atoms. The second kappa shape index (κ2) is 7.51. The van der Waals surface area contributed by atoms with Gasteiger partial charge in [0.2, 0.25) is 0 Å². The van der Waals surface area contributed by atoms with Crippen LogP contribution in [0.4, 0.5) is 4.79 Å². The van der Waals surface area contributed by atoms with Gasteiger partial charge in [-0.15, -0.1) is 0 Å². The summed E-state index contributed by atoms with van der Waals surface area (Å²) in [7, 11) is 0. The van der Waals surface area contributed by atoms with E-state index in [1.165, 1.54) is 25.5 Å². The van der Waals surface area contributed by atoms with Crippen molar-refractivity contribution in [2.45, 2.75) is 38.6 Å². The summed E-state index contributed by atoms with van der Waals surface area (Å²) in [4.78, 5) is 35.0. The van der Waals surface area contributed by atoms with Crippen molar-refractivity contribution in [1.82, 2.24) is 10.6 Å². The Morgan fingerprint density at radius 2 is 2.12 bits per heavy atom. The molecule has 0 saturated heterocycles. The standard InChI is InChI=1S/C17H22N2O5/c20-15(19-17(22)18-9-14-2-1-5-23-14)10-24-16(21)8-13-7-11-3-4-12(13)6-11/h1-2,5,11-13H,3-4,6-10H2,(H2,18,19,20,22)/t11-,12-,13+/m0/s1. The van der Waals surface area contributed by atoms with E-state index in [0.717, 1.165) is 12.3 Å². The number of nitrogens with one attached hydrogen (secondary N) is 2. The summed E-state index contributed by atoms with van der Waals surface area (Å²) >= 11 is 0. The highest BCUT2D eigenvalue weighted by atomic mass is 16.5. The Morgan fingerprint density at radius 3 is 2.79 bits per heavy atom. The summed E-state index contributed by atoms with van der Waals surface area (Å²) in [6.45, 7) is -0.260. The first kappa shape index (κ1) is 16.5. The van der Waals surface area contributed by atoms with Crippen LogP contribution in [-0.4, -0.2) is 24.5 Å². The number of hydrogen-bond donors (Lipinski definition) is 2. The van der Waals surface area contributed by atoms with Gasteiger partial charge in [-0.2, -0.15) is 0 Å². The maximum Gasteiger partial charge on any atom is 0.321 e. The van der Waals surface area contributed by atoms with Gasteiger partial charge in [0, 0.05) is 6.42 Å². The van der Waals surface area contributed by atoms with Gasteiger partial charge >= 0.3 is 12.0 Å². The molecular formula is C17H22N2O5. The molecule has 3 atom stereocenters. The zero-order chi connectivity index (χ0) is 16.9. The summed E-state index contributed by atoms with van der Waals surface area (Å²) in [6.07, 6.45) is 6.69. The maximum absolute atomic E-state index is 11.8. The van der Waals surface area contributed by atoms with Crippen LogP contribution in [0.15, 0.2) is 22.8 Å². The van der Waals surface area contributed by atoms with Gasteiger partial charge in [-0.25, -0.2) is 4.79 Å². The Kier molecular flexibility index (Phi) is 5.17. The van der Waals surface area contributed by atoms with E-state index in [9.17, 15) is 14.4 Å². The van der Waals surface area contributed by atoms with Crippen LogP contribution in [0.2, 0.25) is 0 Å². The van der Waals surface area contributed by atoms with Crippen LogP contribution in [-0.2, 0) is 20.9 Å². The largest absolute Gasteiger partial charge is 0.467 e. The number of hydrogen-bond acceptors (Lipinski definition) is 5. The Bertz CT molecular complexity index is 598. The van der Waals surface area contributed by atoms with Gasteiger partial charge in [0.15, 0.2) is 6.61 Å². The molecule has 130 valence electrons. The molecule has 7 heteroatoms. The minimum absolute atomic E-state index is 0.177. The highest BCUT2D eigenvalue weighted by Crippen LogP contribution is 2.49. The van der Waals surface area contributed by atoms with Crippen molar-refractivity contribution in [2.75, 3.05) is 6.61 Å². The molecule has 2 saturated carbocycles. The van der Waals surface area contributed by atoms with Gasteiger partial charge in [0.1, 0.15) is 5.76 Å². The number of rotatable bonds is 6. The van der Waals surface area contributed by atoms with Crippen LogP contribution < -0.4 is 10.6 Å². The number of imide groups is 1. The van der Waals surface area contributed by atoms with Gasteiger partial charge < -0.3 is 14.5 Å². The monoisotopic (exact) mass is 334 g/mol. The zero-order valence-corrected chi connectivity index (χ0v) is 13.5. The van der Waals surface area contributed by atoms with Gasteiger partial charge in [0.05, 0.1) is 12.8 Å². The molecule has 2 aliphatic carbocycles. The topological polar surface area (TPSA) is 97.6 Å². The van der Waals surface area contributed by atoms with Crippen molar-refractivity contribution in [2.24, 2.45) is 17.8 Å². The molecule has 7 nitrogen and oxygen atoms in total. The molecule has 0 aliphatic heterocycles. The molecule has 2 bridgehead atoms. The molecule has 2 N–H and O–H groups in total.